The first-order valence-electron chi connectivity index (χ1n) is 7.32. The minimum Gasteiger partial charge on any atom is -0.351 e. The van der Waals surface area contributed by atoms with Crippen molar-refractivity contribution in [2.75, 3.05) is 6.54 Å². The first-order valence-corrected chi connectivity index (χ1v) is 7.32. The van der Waals surface area contributed by atoms with Gasteiger partial charge in [-0.15, -0.1) is 0 Å². The van der Waals surface area contributed by atoms with Gasteiger partial charge < -0.3 is 10.6 Å². The van der Waals surface area contributed by atoms with E-state index in [1.54, 1.807) is 0 Å². The standard InChI is InChI=1S/C15H32N2O/c1-7-12(3)11-13(8-2)16-10-9-14(18)17-15(4,5)6/h12-13,16H,7-11H2,1-6H3,(H,17,18). The lowest BCUT2D eigenvalue weighted by molar-refractivity contribution is -0.122. The molecule has 0 saturated carbocycles. The quantitative estimate of drug-likeness (QED) is 0.700. The van der Waals surface area contributed by atoms with Crippen LogP contribution in [0.1, 0.15) is 67.2 Å². The second kappa shape index (κ2) is 8.52. The zero-order chi connectivity index (χ0) is 14.2. The maximum absolute atomic E-state index is 11.7. The van der Waals surface area contributed by atoms with Crippen LogP contribution in [-0.2, 0) is 4.79 Å². The molecule has 3 nitrogen and oxygen atoms in total. The molecule has 0 rings (SSSR count). The van der Waals surface area contributed by atoms with E-state index in [9.17, 15) is 4.79 Å². The van der Waals surface area contributed by atoms with E-state index >= 15 is 0 Å². The van der Waals surface area contributed by atoms with Crippen molar-refractivity contribution < 1.29 is 4.79 Å². The summed E-state index contributed by atoms with van der Waals surface area (Å²) in [4.78, 5) is 11.7. The molecule has 0 aromatic heterocycles. The lowest BCUT2D eigenvalue weighted by atomic mass is 9.98. The fourth-order valence-electron chi connectivity index (χ4n) is 1.92. The van der Waals surface area contributed by atoms with Gasteiger partial charge in [-0.25, -0.2) is 0 Å². The van der Waals surface area contributed by atoms with Crippen LogP contribution < -0.4 is 10.6 Å². The van der Waals surface area contributed by atoms with Gasteiger partial charge in [0.2, 0.25) is 5.91 Å². The highest BCUT2D eigenvalue weighted by atomic mass is 16.1. The SMILES string of the molecule is CCC(C)CC(CC)NCCC(=O)NC(C)(C)C. The van der Waals surface area contributed by atoms with Crippen molar-refractivity contribution >= 4 is 5.91 Å². The zero-order valence-corrected chi connectivity index (χ0v) is 13.1. The molecule has 0 fully saturated rings. The van der Waals surface area contributed by atoms with Crippen molar-refractivity contribution in [2.45, 2.75) is 78.8 Å². The third-order valence-electron chi connectivity index (χ3n) is 3.18. The average Bonchev–Trinajstić information content (AvgIpc) is 2.24. The van der Waals surface area contributed by atoms with Gasteiger partial charge in [0, 0.05) is 24.5 Å². The lowest BCUT2D eigenvalue weighted by Gasteiger charge is -2.22. The Kier molecular flexibility index (Phi) is 8.25. The fourth-order valence-corrected chi connectivity index (χ4v) is 1.92. The molecule has 0 saturated heterocycles. The highest BCUT2D eigenvalue weighted by molar-refractivity contribution is 5.76. The minimum atomic E-state index is -0.127. The van der Waals surface area contributed by atoms with Crippen molar-refractivity contribution in [1.82, 2.24) is 10.6 Å². The molecule has 0 aromatic rings. The first-order chi connectivity index (χ1) is 8.28. The molecule has 0 aliphatic carbocycles. The number of hydrogen-bond donors (Lipinski definition) is 2. The highest BCUT2D eigenvalue weighted by Gasteiger charge is 2.14. The number of rotatable bonds is 8. The maximum atomic E-state index is 11.7. The van der Waals surface area contributed by atoms with Crippen molar-refractivity contribution in [3.63, 3.8) is 0 Å². The third kappa shape index (κ3) is 9.46. The molecular formula is C15H32N2O. The molecule has 0 radical (unpaired) electrons. The Hall–Kier alpha value is -0.570. The summed E-state index contributed by atoms with van der Waals surface area (Å²) in [6.45, 7) is 13.5. The number of carbonyl (C=O) groups is 1. The average molecular weight is 256 g/mol. The van der Waals surface area contributed by atoms with Gasteiger partial charge in [0.15, 0.2) is 0 Å². The Morgan fingerprint density at radius 3 is 2.22 bits per heavy atom. The summed E-state index contributed by atoms with van der Waals surface area (Å²) in [6.07, 6.45) is 4.12. The van der Waals surface area contributed by atoms with Gasteiger partial charge >= 0.3 is 0 Å². The molecule has 18 heavy (non-hydrogen) atoms. The number of carbonyl (C=O) groups excluding carboxylic acids is 1. The Balaban J connectivity index is 3.83. The van der Waals surface area contributed by atoms with Crippen LogP contribution in [-0.4, -0.2) is 24.0 Å². The molecule has 0 bridgehead atoms. The van der Waals surface area contributed by atoms with E-state index in [-0.39, 0.29) is 11.4 Å². The van der Waals surface area contributed by atoms with Crippen LogP contribution in [0.4, 0.5) is 0 Å². The predicted molar refractivity (Wildman–Crippen MR) is 78.7 cm³/mol. The van der Waals surface area contributed by atoms with Gasteiger partial charge in [0.1, 0.15) is 0 Å². The van der Waals surface area contributed by atoms with E-state index in [0.29, 0.717) is 12.5 Å². The minimum absolute atomic E-state index is 0.127. The van der Waals surface area contributed by atoms with E-state index in [4.69, 9.17) is 0 Å². The normalized spacial score (nSPS) is 15.2. The summed E-state index contributed by atoms with van der Waals surface area (Å²) in [5, 5.41) is 6.47. The Morgan fingerprint density at radius 2 is 1.78 bits per heavy atom. The summed E-state index contributed by atoms with van der Waals surface area (Å²) in [5.74, 6) is 0.888. The molecule has 0 aliphatic heterocycles. The summed E-state index contributed by atoms with van der Waals surface area (Å²) in [5.41, 5.74) is -0.127. The molecule has 0 aromatic carbocycles. The van der Waals surface area contributed by atoms with E-state index in [1.165, 1.54) is 12.8 Å². The Labute approximate surface area is 113 Å². The van der Waals surface area contributed by atoms with Crippen molar-refractivity contribution in [1.29, 1.82) is 0 Å². The van der Waals surface area contributed by atoms with Gasteiger partial charge in [-0.3, -0.25) is 4.79 Å². The molecule has 0 spiro atoms. The molecular weight excluding hydrogens is 224 g/mol. The van der Waals surface area contributed by atoms with Gasteiger partial charge in [-0.2, -0.15) is 0 Å². The Morgan fingerprint density at radius 1 is 1.17 bits per heavy atom. The van der Waals surface area contributed by atoms with Gasteiger partial charge in [-0.1, -0.05) is 27.2 Å². The van der Waals surface area contributed by atoms with Crippen molar-refractivity contribution in [3.05, 3.63) is 0 Å². The van der Waals surface area contributed by atoms with E-state index < -0.39 is 0 Å². The zero-order valence-electron chi connectivity index (χ0n) is 13.1. The van der Waals surface area contributed by atoms with E-state index in [2.05, 4.69) is 31.4 Å². The van der Waals surface area contributed by atoms with Crippen LogP contribution in [0.15, 0.2) is 0 Å². The van der Waals surface area contributed by atoms with Crippen LogP contribution in [0.5, 0.6) is 0 Å². The highest BCUT2D eigenvalue weighted by Crippen LogP contribution is 2.11. The number of amides is 1. The summed E-state index contributed by atoms with van der Waals surface area (Å²) < 4.78 is 0. The molecule has 2 N–H and O–H groups in total. The summed E-state index contributed by atoms with van der Waals surface area (Å²) in [6, 6.07) is 0.544. The van der Waals surface area contributed by atoms with E-state index in [0.717, 1.165) is 18.9 Å². The fraction of sp³-hybridized carbons (Fsp3) is 0.933. The van der Waals surface area contributed by atoms with Crippen LogP contribution in [0.2, 0.25) is 0 Å². The Bertz CT molecular complexity index is 233. The first kappa shape index (κ1) is 17.4. The van der Waals surface area contributed by atoms with Gasteiger partial charge in [0.25, 0.3) is 0 Å². The molecule has 0 heterocycles. The second-order valence-corrected chi connectivity index (χ2v) is 6.36. The van der Waals surface area contributed by atoms with Crippen LogP contribution >= 0.6 is 0 Å². The van der Waals surface area contributed by atoms with Gasteiger partial charge in [-0.05, 0) is 39.5 Å². The smallest absolute Gasteiger partial charge is 0.221 e. The molecule has 3 heteroatoms. The lowest BCUT2D eigenvalue weighted by Crippen LogP contribution is -2.42. The predicted octanol–water partition coefficient (Wildman–Crippen LogP) is 3.10. The summed E-state index contributed by atoms with van der Waals surface area (Å²) >= 11 is 0. The largest absolute Gasteiger partial charge is 0.351 e. The van der Waals surface area contributed by atoms with E-state index in [1.807, 2.05) is 20.8 Å². The summed E-state index contributed by atoms with van der Waals surface area (Å²) in [7, 11) is 0. The van der Waals surface area contributed by atoms with Crippen LogP contribution in [0.25, 0.3) is 0 Å². The van der Waals surface area contributed by atoms with Gasteiger partial charge in [0.05, 0.1) is 0 Å². The molecule has 2 atom stereocenters. The van der Waals surface area contributed by atoms with Crippen LogP contribution in [0.3, 0.4) is 0 Å². The molecule has 108 valence electrons. The third-order valence-corrected chi connectivity index (χ3v) is 3.18. The monoisotopic (exact) mass is 256 g/mol. The van der Waals surface area contributed by atoms with Crippen molar-refractivity contribution in [2.24, 2.45) is 5.92 Å². The number of nitrogens with one attached hydrogen (secondary N) is 2. The maximum Gasteiger partial charge on any atom is 0.221 e. The second-order valence-electron chi connectivity index (χ2n) is 6.36. The molecule has 2 unspecified atom stereocenters. The number of hydrogen-bond acceptors (Lipinski definition) is 2. The van der Waals surface area contributed by atoms with Crippen molar-refractivity contribution in [3.8, 4) is 0 Å². The molecule has 1 amide bonds. The molecule has 0 aliphatic rings. The topological polar surface area (TPSA) is 41.1 Å². The van der Waals surface area contributed by atoms with Crippen LogP contribution in [0, 0.1) is 5.92 Å².